The standard InChI is InChI=1S/C12H9BrFN/c1-8-6-10(14)3-4-11(8)9-2-5-12(13)15-7-9/h2-7H,1H3. The molecule has 0 aliphatic heterocycles. The number of hydrogen-bond acceptors (Lipinski definition) is 1. The minimum Gasteiger partial charge on any atom is -0.249 e. The van der Waals surface area contributed by atoms with Crippen LogP contribution in [0, 0.1) is 12.7 Å². The van der Waals surface area contributed by atoms with Crippen LogP contribution in [0.3, 0.4) is 0 Å². The molecule has 1 heterocycles. The van der Waals surface area contributed by atoms with Gasteiger partial charge in [-0.25, -0.2) is 9.37 Å². The molecule has 0 amide bonds. The average Bonchev–Trinajstić information content (AvgIpc) is 2.20. The van der Waals surface area contributed by atoms with Gasteiger partial charge in [0.05, 0.1) is 0 Å². The van der Waals surface area contributed by atoms with Crippen LogP contribution in [-0.4, -0.2) is 4.98 Å². The maximum Gasteiger partial charge on any atom is 0.123 e. The van der Waals surface area contributed by atoms with Crippen molar-refractivity contribution in [2.75, 3.05) is 0 Å². The van der Waals surface area contributed by atoms with E-state index in [-0.39, 0.29) is 5.82 Å². The molecule has 1 nitrogen and oxygen atoms in total. The van der Waals surface area contributed by atoms with Gasteiger partial charge in [-0.05, 0) is 52.2 Å². The summed E-state index contributed by atoms with van der Waals surface area (Å²) in [5, 5.41) is 0. The van der Waals surface area contributed by atoms with Gasteiger partial charge in [0.25, 0.3) is 0 Å². The van der Waals surface area contributed by atoms with Gasteiger partial charge < -0.3 is 0 Å². The van der Waals surface area contributed by atoms with Crippen LogP contribution in [0.1, 0.15) is 5.56 Å². The number of nitrogens with zero attached hydrogens (tertiary/aromatic N) is 1. The highest BCUT2D eigenvalue weighted by atomic mass is 79.9. The van der Waals surface area contributed by atoms with E-state index >= 15 is 0 Å². The Morgan fingerprint density at radius 1 is 1.20 bits per heavy atom. The molecule has 0 saturated carbocycles. The second-order valence-corrected chi connectivity index (χ2v) is 4.14. The highest BCUT2D eigenvalue weighted by Crippen LogP contribution is 2.24. The van der Waals surface area contributed by atoms with Crippen LogP contribution in [0.4, 0.5) is 4.39 Å². The van der Waals surface area contributed by atoms with E-state index in [1.54, 1.807) is 12.3 Å². The monoisotopic (exact) mass is 265 g/mol. The van der Waals surface area contributed by atoms with Crippen LogP contribution < -0.4 is 0 Å². The molecule has 0 bridgehead atoms. The molecular formula is C12H9BrFN. The Kier molecular flexibility index (Phi) is 2.82. The van der Waals surface area contributed by atoms with Gasteiger partial charge in [-0.1, -0.05) is 12.1 Å². The van der Waals surface area contributed by atoms with E-state index in [1.807, 2.05) is 19.1 Å². The Hall–Kier alpha value is -1.22. The summed E-state index contributed by atoms with van der Waals surface area (Å²) >= 11 is 3.28. The molecule has 0 saturated heterocycles. The molecule has 0 atom stereocenters. The lowest BCUT2D eigenvalue weighted by atomic mass is 10.0. The summed E-state index contributed by atoms with van der Waals surface area (Å²) in [6.45, 7) is 1.89. The lowest BCUT2D eigenvalue weighted by molar-refractivity contribution is 0.627. The summed E-state index contributed by atoms with van der Waals surface area (Å²) in [5.41, 5.74) is 2.92. The first-order valence-electron chi connectivity index (χ1n) is 4.55. The van der Waals surface area contributed by atoms with Crippen molar-refractivity contribution in [1.29, 1.82) is 0 Å². The Bertz CT molecular complexity index is 479. The zero-order valence-corrected chi connectivity index (χ0v) is 9.75. The third-order valence-electron chi connectivity index (χ3n) is 2.23. The van der Waals surface area contributed by atoms with Gasteiger partial charge >= 0.3 is 0 Å². The second-order valence-electron chi connectivity index (χ2n) is 3.33. The lowest BCUT2D eigenvalue weighted by Crippen LogP contribution is -1.86. The van der Waals surface area contributed by atoms with Gasteiger partial charge in [0.2, 0.25) is 0 Å². The van der Waals surface area contributed by atoms with E-state index in [1.165, 1.54) is 12.1 Å². The Morgan fingerprint density at radius 2 is 2.00 bits per heavy atom. The highest BCUT2D eigenvalue weighted by Gasteiger charge is 2.03. The smallest absolute Gasteiger partial charge is 0.123 e. The number of hydrogen-bond donors (Lipinski definition) is 0. The first-order valence-corrected chi connectivity index (χ1v) is 5.34. The van der Waals surface area contributed by atoms with E-state index in [4.69, 9.17) is 0 Å². The first-order chi connectivity index (χ1) is 7.16. The third-order valence-corrected chi connectivity index (χ3v) is 2.70. The molecule has 0 aliphatic rings. The van der Waals surface area contributed by atoms with E-state index in [0.29, 0.717) is 0 Å². The van der Waals surface area contributed by atoms with Crippen molar-refractivity contribution in [3.8, 4) is 11.1 Å². The second kappa shape index (κ2) is 4.11. The minimum absolute atomic E-state index is 0.207. The average molecular weight is 266 g/mol. The van der Waals surface area contributed by atoms with Crippen LogP contribution in [0.5, 0.6) is 0 Å². The van der Waals surface area contributed by atoms with Gasteiger partial charge in [0, 0.05) is 11.8 Å². The van der Waals surface area contributed by atoms with Gasteiger partial charge in [0.1, 0.15) is 10.4 Å². The molecule has 2 rings (SSSR count). The van der Waals surface area contributed by atoms with E-state index in [2.05, 4.69) is 20.9 Å². The first kappa shape index (κ1) is 10.3. The van der Waals surface area contributed by atoms with Gasteiger partial charge in [-0.2, -0.15) is 0 Å². The molecular weight excluding hydrogens is 257 g/mol. The summed E-state index contributed by atoms with van der Waals surface area (Å²) in [7, 11) is 0. The maximum atomic E-state index is 12.9. The number of aryl methyl sites for hydroxylation is 1. The summed E-state index contributed by atoms with van der Waals surface area (Å²) in [5.74, 6) is -0.207. The van der Waals surface area contributed by atoms with Crippen molar-refractivity contribution >= 4 is 15.9 Å². The molecule has 2 aromatic rings. The fourth-order valence-corrected chi connectivity index (χ4v) is 1.72. The van der Waals surface area contributed by atoms with Gasteiger partial charge in [-0.15, -0.1) is 0 Å². The Labute approximate surface area is 96.1 Å². The molecule has 0 N–H and O–H groups in total. The SMILES string of the molecule is Cc1cc(F)ccc1-c1ccc(Br)nc1. The third kappa shape index (κ3) is 2.23. The number of aromatic nitrogens is 1. The van der Waals surface area contributed by atoms with Crippen LogP contribution in [0.25, 0.3) is 11.1 Å². The van der Waals surface area contributed by atoms with Crippen molar-refractivity contribution in [1.82, 2.24) is 4.98 Å². The fraction of sp³-hybridized carbons (Fsp3) is 0.0833. The van der Waals surface area contributed by atoms with E-state index in [9.17, 15) is 4.39 Å². The van der Waals surface area contributed by atoms with E-state index in [0.717, 1.165) is 21.3 Å². The molecule has 76 valence electrons. The molecule has 0 fully saturated rings. The number of benzene rings is 1. The summed E-state index contributed by atoms with van der Waals surface area (Å²) < 4.78 is 13.7. The molecule has 0 spiro atoms. The molecule has 0 unspecified atom stereocenters. The normalized spacial score (nSPS) is 10.3. The van der Waals surface area contributed by atoms with Crippen LogP contribution >= 0.6 is 15.9 Å². The summed E-state index contributed by atoms with van der Waals surface area (Å²) in [6, 6.07) is 8.59. The van der Waals surface area contributed by atoms with Crippen LogP contribution in [0.15, 0.2) is 41.1 Å². The summed E-state index contributed by atoms with van der Waals surface area (Å²) in [4.78, 5) is 4.14. The zero-order valence-electron chi connectivity index (χ0n) is 8.17. The Morgan fingerprint density at radius 3 is 2.60 bits per heavy atom. The molecule has 0 radical (unpaired) electrons. The van der Waals surface area contributed by atoms with Gasteiger partial charge in [-0.3, -0.25) is 0 Å². The molecule has 0 aliphatic carbocycles. The number of pyridine rings is 1. The predicted octanol–water partition coefficient (Wildman–Crippen LogP) is 3.96. The summed E-state index contributed by atoms with van der Waals surface area (Å²) in [6.07, 6.45) is 1.77. The lowest BCUT2D eigenvalue weighted by Gasteiger charge is -2.05. The van der Waals surface area contributed by atoms with Gasteiger partial charge in [0.15, 0.2) is 0 Å². The van der Waals surface area contributed by atoms with Crippen molar-refractivity contribution < 1.29 is 4.39 Å². The maximum absolute atomic E-state index is 12.9. The molecule has 1 aromatic carbocycles. The van der Waals surface area contributed by atoms with Crippen molar-refractivity contribution in [3.63, 3.8) is 0 Å². The molecule has 3 heteroatoms. The fourth-order valence-electron chi connectivity index (χ4n) is 1.49. The molecule has 15 heavy (non-hydrogen) atoms. The quantitative estimate of drug-likeness (QED) is 0.712. The van der Waals surface area contributed by atoms with Crippen molar-refractivity contribution in [3.05, 3.63) is 52.5 Å². The van der Waals surface area contributed by atoms with Crippen molar-refractivity contribution in [2.45, 2.75) is 6.92 Å². The highest BCUT2D eigenvalue weighted by molar-refractivity contribution is 9.10. The Balaban J connectivity index is 2.49. The minimum atomic E-state index is -0.207. The van der Waals surface area contributed by atoms with Crippen molar-refractivity contribution in [2.24, 2.45) is 0 Å². The number of rotatable bonds is 1. The topological polar surface area (TPSA) is 12.9 Å². The zero-order chi connectivity index (χ0) is 10.8. The molecule has 1 aromatic heterocycles. The predicted molar refractivity (Wildman–Crippen MR) is 62.1 cm³/mol. The number of halogens is 2. The largest absolute Gasteiger partial charge is 0.249 e. The van der Waals surface area contributed by atoms with Crippen LogP contribution in [0.2, 0.25) is 0 Å². The van der Waals surface area contributed by atoms with E-state index < -0.39 is 0 Å². The van der Waals surface area contributed by atoms with Crippen LogP contribution in [-0.2, 0) is 0 Å².